The van der Waals surface area contributed by atoms with Crippen molar-refractivity contribution in [1.82, 2.24) is 25.8 Å². The normalized spacial score (nSPS) is 18.6. The van der Waals surface area contributed by atoms with Crippen LogP contribution in [0.4, 0.5) is 0 Å². The smallest absolute Gasteiger partial charge is 0.258 e. The van der Waals surface area contributed by atoms with E-state index in [4.69, 9.17) is 11.6 Å². The highest BCUT2D eigenvalue weighted by Gasteiger charge is 2.40. The van der Waals surface area contributed by atoms with Gasteiger partial charge in [-0.05, 0) is 42.4 Å². The Morgan fingerprint density at radius 3 is 2.20 bits per heavy atom. The SMILES string of the molecule is CN1CCN(CCNC(=O)c2cccc(C3=C4C(=O)NC(c5ccc(Cl)cc5)=C4C(=O)N3)c2)CC1. The summed E-state index contributed by atoms with van der Waals surface area (Å²) in [6, 6.07) is 13.9. The molecule has 5 rings (SSSR count). The molecular formula is C26H26ClN5O3. The minimum absolute atomic E-state index is 0.190. The van der Waals surface area contributed by atoms with Gasteiger partial charge in [0.2, 0.25) is 0 Å². The molecule has 0 unspecified atom stereocenters. The van der Waals surface area contributed by atoms with Crippen molar-refractivity contribution in [2.45, 2.75) is 0 Å². The van der Waals surface area contributed by atoms with Gasteiger partial charge in [0, 0.05) is 49.9 Å². The third kappa shape index (κ3) is 4.73. The number of hydrogen-bond donors (Lipinski definition) is 3. The monoisotopic (exact) mass is 491 g/mol. The minimum Gasteiger partial charge on any atom is -0.351 e. The Morgan fingerprint density at radius 1 is 0.914 bits per heavy atom. The Kier molecular flexibility index (Phi) is 6.42. The van der Waals surface area contributed by atoms with Crippen molar-refractivity contribution in [3.05, 3.63) is 81.4 Å². The first kappa shape index (κ1) is 23.3. The molecule has 3 amide bonds. The van der Waals surface area contributed by atoms with Gasteiger partial charge in [-0.25, -0.2) is 0 Å². The molecule has 1 fully saturated rings. The molecule has 0 saturated carbocycles. The van der Waals surface area contributed by atoms with Gasteiger partial charge in [0.05, 0.1) is 22.5 Å². The van der Waals surface area contributed by atoms with Crippen LogP contribution in [-0.2, 0) is 9.59 Å². The fourth-order valence-electron chi connectivity index (χ4n) is 4.55. The molecule has 3 aliphatic rings. The van der Waals surface area contributed by atoms with E-state index in [1.165, 1.54) is 0 Å². The molecule has 9 heteroatoms. The van der Waals surface area contributed by atoms with Crippen LogP contribution in [0.2, 0.25) is 5.02 Å². The zero-order valence-corrected chi connectivity index (χ0v) is 20.1. The standard InChI is InChI=1S/C26H26ClN5O3/c1-31-11-13-32(14-12-31)10-9-28-24(33)18-4-2-3-17(15-18)23-21-20(25(34)30-23)22(29-26(21)35)16-5-7-19(27)8-6-16/h2-8,15H,9-14H2,1H3,(H,28,33)(H,29,35)(H,30,34). The summed E-state index contributed by atoms with van der Waals surface area (Å²) >= 11 is 5.98. The number of fused-ring (bicyclic) bond motifs is 1. The summed E-state index contributed by atoms with van der Waals surface area (Å²) in [6.45, 7) is 5.40. The van der Waals surface area contributed by atoms with Crippen molar-refractivity contribution in [2.75, 3.05) is 46.3 Å². The Morgan fingerprint density at radius 2 is 1.54 bits per heavy atom. The zero-order valence-electron chi connectivity index (χ0n) is 19.4. The fourth-order valence-corrected chi connectivity index (χ4v) is 4.67. The summed E-state index contributed by atoms with van der Waals surface area (Å²) in [6.07, 6.45) is 0. The number of likely N-dealkylation sites (N-methyl/N-ethyl adjacent to an activating group) is 1. The second-order valence-corrected chi connectivity index (χ2v) is 9.33. The van der Waals surface area contributed by atoms with Crippen molar-refractivity contribution in [3.8, 4) is 0 Å². The average Bonchev–Trinajstić information content (AvgIpc) is 3.39. The molecule has 0 aliphatic carbocycles. The fraction of sp³-hybridized carbons (Fsp3) is 0.269. The second-order valence-electron chi connectivity index (χ2n) is 8.90. The summed E-state index contributed by atoms with van der Waals surface area (Å²) in [5.74, 6) is -0.912. The van der Waals surface area contributed by atoms with Gasteiger partial charge in [-0.2, -0.15) is 0 Å². The summed E-state index contributed by atoms with van der Waals surface area (Å²) in [4.78, 5) is 43.1. The number of carbonyl (C=O) groups is 3. The minimum atomic E-state index is -0.361. The number of nitrogens with zero attached hydrogens (tertiary/aromatic N) is 2. The van der Waals surface area contributed by atoms with Crippen molar-refractivity contribution >= 4 is 40.7 Å². The highest BCUT2D eigenvalue weighted by molar-refractivity contribution is 6.31. The second kappa shape index (κ2) is 9.65. The molecule has 8 nitrogen and oxygen atoms in total. The van der Waals surface area contributed by atoms with Crippen LogP contribution in [0.25, 0.3) is 11.4 Å². The number of carbonyl (C=O) groups excluding carboxylic acids is 3. The van der Waals surface area contributed by atoms with Gasteiger partial charge in [0.1, 0.15) is 0 Å². The lowest BCUT2D eigenvalue weighted by Crippen LogP contribution is -2.46. The predicted octanol–water partition coefficient (Wildman–Crippen LogP) is 1.70. The third-order valence-corrected chi connectivity index (χ3v) is 6.79. The van der Waals surface area contributed by atoms with Gasteiger partial charge >= 0.3 is 0 Å². The maximum absolute atomic E-state index is 12.9. The van der Waals surface area contributed by atoms with Crippen LogP contribution in [-0.4, -0.2) is 73.8 Å². The Labute approximate surface area is 208 Å². The number of nitrogens with one attached hydrogen (secondary N) is 3. The molecule has 3 aliphatic heterocycles. The summed E-state index contributed by atoms with van der Waals surface area (Å²) < 4.78 is 0. The van der Waals surface area contributed by atoms with Gasteiger partial charge < -0.3 is 20.9 Å². The Bertz CT molecular complexity index is 1260. The van der Waals surface area contributed by atoms with Crippen molar-refractivity contribution in [1.29, 1.82) is 0 Å². The average molecular weight is 492 g/mol. The first-order valence-electron chi connectivity index (χ1n) is 11.6. The van der Waals surface area contributed by atoms with Crippen LogP contribution in [0.1, 0.15) is 21.5 Å². The highest BCUT2D eigenvalue weighted by Crippen LogP contribution is 2.37. The number of amides is 3. The molecular weight excluding hydrogens is 466 g/mol. The first-order chi connectivity index (χ1) is 16.9. The molecule has 3 heterocycles. The molecule has 180 valence electrons. The molecule has 35 heavy (non-hydrogen) atoms. The van der Waals surface area contributed by atoms with Gasteiger partial charge in [-0.1, -0.05) is 35.9 Å². The van der Waals surface area contributed by atoms with E-state index in [9.17, 15) is 14.4 Å². The van der Waals surface area contributed by atoms with E-state index in [1.807, 2.05) is 0 Å². The molecule has 2 aromatic carbocycles. The lowest BCUT2D eigenvalue weighted by molar-refractivity contribution is -0.117. The number of halogens is 1. The number of hydrogen-bond acceptors (Lipinski definition) is 5. The van der Waals surface area contributed by atoms with E-state index in [0.29, 0.717) is 45.2 Å². The first-order valence-corrected chi connectivity index (χ1v) is 12.0. The molecule has 0 atom stereocenters. The Balaban J connectivity index is 1.34. The molecule has 2 aromatic rings. The number of rotatable bonds is 6. The maximum Gasteiger partial charge on any atom is 0.258 e. The molecule has 0 radical (unpaired) electrons. The van der Waals surface area contributed by atoms with Gasteiger partial charge in [-0.3, -0.25) is 19.3 Å². The maximum atomic E-state index is 12.9. The van der Waals surface area contributed by atoms with E-state index >= 15 is 0 Å². The number of benzene rings is 2. The molecule has 0 aromatic heterocycles. The summed E-state index contributed by atoms with van der Waals surface area (Å²) in [5, 5.41) is 9.18. The van der Waals surface area contributed by atoms with Crippen LogP contribution in [0.3, 0.4) is 0 Å². The summed E-state index contributed by atoms with van der Waals surface area (Å²) in [7, 11) is 2.11. The molecule has 3 N–H and O–H groups in total. The predicted molar refractivity (Wildman–Crippen MR) is 134 cm³/mol. The number of piperazine rings is 1. The van der Waals surface area contributed by atoms with Gasteiger partial charge in [0.25, 0.3) is 17.7 Å². The Hall–Kier alpha value is -3.46. The lowest BCUT2D eigenvalue weighted by atomic mass is 10.0. The van der Waals surface area contributed by atoms with Crippen molar-refractivity contribution < 1.29 is 14.4 Å². The van der Waals surface area contributed by atoms with Crippen LogP contribution < -0.4 is 16.0 Å². The molecule has 1 saturated heterocycles. The van der Waals surface area contributed by atoms with Crippen LogP contribution in [0.5, 0.6) is 0 Å². The van der Waals surface area contributed by atoms with Crippen molar-refractivity contribution in [2.24, 2.45) is 0 Å². The summed E-state index contributed by atoms with van der Waals surface area (Å²) in [5.41, 5.74) is 3.20. The molecule has 0 spiro atoms. The topological polar surface area (TPSA) is 93.8 Å². The van der Waals surface area contributed by atoms with E-state index in [-0.39, 0.29) is 23.3 Å². The van der Waals surface area contributed by atoms with E-state index in [0.717, 1.165) is 32.7 Å². The van der Waals surface area contributed by atoms with Crippen LogP contribution in [0.15, 0.2) is 59.7 Å². The molecule has 0 bridgehead atoms. The van der Waals surface area contributed by atoms with E-state index in [2.05, 4.69) is 32.8 Å². The van der Waals surface area contributed by atoms with Gasteiger partial charge in [0.15, 0.2) is 0 Å². The lowest BCUT2D eigenvalue weighted by Gasteiger charge is -2.32. The van der Waals surface area contributed by atoms with Crippen molar-refractivity contribution in [3.63, 3.8) is 0 Å². The van der Waals surface area contributed by atoms with Gasteiger partial charge in [-0.15, -0.1) is 0 Å². The van der Waals surface area contributed by atoms with E-state index in [1.54, 1.807) is 48.5 Å². The highest BCUT2D eigenvalue weighted by atomic mass is 35.5. The zero-order chi connectivity index (χ0) is 24.5. The van der Waals surface area contributed by atoms with Crippen LogP contribution >= 0.6 is 11.6 Å². The quantitative estimate of drug-likeness (QED) is 0.572. The third-order valence-electron chi connectivity index (χ3n) is 6.54. The van der Waals surface area contributed by atoms with Crippen LogP contribution in [0, 0.1) is 0 Å². The van der Waals surface area contributed by atoms with E-state index < -0.39 is 0 Å². The largest absolute Gasteiger partial charge is 0.351 e.